The van der Waals surface area contributed by atoms with Crippen molar-refractivity contribution in [2.24, 2.45) is 0 Å². The van der Waals surface area contributed by atoms with Gasteiger partial charge in [0.1, 0.15) is 0 Å². The zero-order valence-corrected chi connectivity index (χ0v) is 19.7. The summed E-state index contributed by atoms with van der Waals surface area (Å²) < 4.78 is 26.6. The summed E-state index contributed by atoms with van der Waals surface area (Å²) in [7, 11) is 0. The van der Waals surface area contributed by atoms with Gasteiger partial charge in [-0.1, -0.05) is 48.5 Å². The van der Waals surface area contributed by atoms with Crippen molar-refractivity contribution in [3.63, 3.8) is 0 Å². The molecule has 6 heteroatoms. The first-order valence-electron chi connectivity index (χ1n) is 10.5. The molecule has 0 aliphatic carbocycles. The van der Waals surface area contributed by atoms with E-state index < -0.39 is 17.2 Å². The average Bonchev–Trinajstić information content (AvgIpc) is 2.80. The van der Waals surface area contributed by atoms with Crippen LogP contribution in [-0.4, -0.2) is 19.8 Å². The maximum Gasteiger partial charge on any atom is 0.335 e. The van der Waals surface area contributed by atoms with Crippen LogP contribution in [-0.2, 0) is 11.3 Å². The van der Waals surface area contributed by atoms with Gasteiger partial charge in [-0.25, -0.2) is 4.79 Å². The molecule has 0 radical (unpaired) electrons. The summed E-state index contributed by atoms with van der Waals surface area (Å²) in [5, 5.41) is 11.0. The lowest BCUT2D eigenvalue weighted by Gasteiger charge is -2.32. The van der Waals surface area contributed by atoms with Crippen molar-refractivity contribution in [1.82, 2.24) is 0 Å². The summed E-state index contributed by atoms with van der Waals surface area (Å²) in [4.78, 5) is 11.5. The predicted molar refractivity (Wildman–Crippen MR) is 133 cm³/mol. The fraction of sp³-hybridized carbons (Fsp3) is 0.148. The summed E-state index contributed by atoms with van der Waals surface area (Å²) in [6.45, 7) is 7.83. The van der Waals surface area contributed by atoms with Gasteiger partial charge in [0.25, 0.3) is 0 Å². The normalized spacial score (nSPS) is 12.0. The second-order valence-corrected chi connectivity index (χ2v) is 8.98. The van der Waals surface area contributed by atoms with Crippen molar-refractivity contribution in [3.05, 3.63) is 94.5 Å². The monoisotopic (exact) mass is 458 g/mol. The van der Waals surface area contributed by atoms with Crippen LogP contribution in [0.4, 0.5) is 11.4 Å². The first-order valence-corrected chi connectivity index (χ1v) is 11.6. The van der Waals surface area contributed by atoms with E-state index in [1.165, 1.54) is 4.31 Å². The molecule has 0 aliphatic rings. The molecule has 0 saturated carbocycles. The van der Waals surface area contributed by atoms with E-state index in [9.17, 15) is 18.7 Å². The molecule has 0 heterocycles. The van der Waals surface area contributed by atoms with E-state index in [1.54, 1.807) is 24.3 Å². The molecule has 1 atom stereocenters. The van der Waals surface area contributed by atoms with E-state index in [0.717, 1.165) is 44.2 Å². The number of anilines is 2. The molecule has 1 unspecified atom stereocenters. The Morgan fingerprint density at radius 2 is 1.48 bits per heavy atom. The number of carboxylic acids is 1. The van der Waals surface area contributed by atoms with Gasteiger partial charge in [-0.3, -0.25) is 8.51 Å². The second kappa shape index (κ2) is 8.81. The first kappa shape index (κ1) is 22.7. The number of hydrogen-bond donors (Lipinski definition) is 1. The highest BCUT2D eigenvalue weighted by Crippen LogP contribution is 2.41. The van der Waals surface area contributed by atoms with Gasteiger partial charge in [0.05, 0.1) is 28.2 Å². The van der Waals surface area contributed by atoms with E-state index in [4.69, 9.17) is 0 Å². The Hall–Kier alpha value is -3.48. The van der Waals surface area contributed by atoms with Crippen LogP contribution in [0.3, 0.4) is 0 Å². The van der Waals surface area contributed by atoms with E-state index in [1.807, 2.05) is 64.1 Å². The van der Waals surface area contributed by atoms with Gasteiger partial charge in [0, 0.05) is 5.39 Å². The lowest BCUT2D eigenvalue weighted by atomic mass is 9.95. The van der Waals surface area contributed by atoms with Crippen LogP contribution in [0.2, 0.25) is 0 Å². The van der Waals surface area contributed by atoms with Crippen LogP contribution < -0.4 is 4.31 Å². The third-order valence-corrected chi connectivity index (χ3v) is 6.90. The lowest BCUT2D eigenvalue weighted by molar-refractivity contribution is 0.0697. The minimum atomic E-state index is -2.55. The maximum atomic E-state index is 12.6. The number of benzene rings is 4. The van der Waals surface area contributed by atoms with Gasteiger partial charge in [-0.15, -0.1) is 0 Å². The molecular weight excluding hydrogens is 434 g/mol. The van der Waals surface area contributed by atoms with Gasteiger partial charge in [0.15, 0.2) is 0 Å². The quantitative estimate of drug-likeness (QED) is 0.352. The van der Waals surface area contributed by atoms with Gasteiger partial charge in [-0.05, 0) is 84.7 Å². The van der Waals surface area contributed by atoms with Crippen molar-refractivity contribution >= 4 is 39.4 Å². The number of aromatic carboxylic acids is 1. The van der Waals surface area contributed by atoms with Crippen LogP contribution >= 0.6 is 0 Å². The largest absolute Gasteiger partial charge is 0.755 e. The fourth-order valence-electron chi connectivity index (χ4n) is 4.31. The Labute approximate surface area is 195 Å². The number of carbonyl (C=O) groups is 1. The number of nitrogens with zero attached hydrogens (tertiary/aromatic N) is 1. The van der Waals surface area contributed by atoms with Gasteiger partial charge in [-0.2, -0.15) is 0 Å². The van der Waals surface area contributed by atoms with Gasteiger partial charge < -0.3 is 9.66 Å². The van der Waals surface area contributed by atoms with Crippen LogP contribution in [0.25, 0.3) is 21.9 Å². The third-order valence-electron chi connectivity index (χ3n) is 6.22. The van der Waals surface area contributed by atoms with Gasteiger partial charge in [0.2, 0.25) is 0 Å². The van der Waals surface area contributed by atoms with Crippen LogP contribution in [0.5, 0.6) is 0 Å². The van der Waals surface area contributed by atoms with E-state index >= 15 is 0 Å². The van der Waals surface area contributed by atoms with Crippen LogP contribution in [0, 0.1) is 27.7 Å². The zero-order valence-electron chi connectivity index (χ0n) is 18.9. The molecule has 4 aromatic carbocycles. The maximum absolute atomic E-state index is 12.6. The summed E-state index contributed by atoms with van der Waals surface area (Å²) in [5.41, 5.74) is 6.86. The Bertz CT molecular complexity index is 1400. The molecule has 0 aromatic heterocycles. The highest BCUT2D eigenvalue weighted by Gasteiger charge is 2.21. The molecule has 33 heavy (non-hydrogen) atoms. The minimum Gasteiger partial charge on any atom is -0.755 e. The minimum absolute atomic E-state index is 0.199. The molecule has 1 N–H and O–H groups in total. The van der Waals surface area contributed by atoms with Crippen molar-refractivity contribution in [3.8, 4) is 11.1 Å². The second-order valence-electron chi connectivity index (χ2n) is 8.18. The molecule has 0 saturated heterocycles. The predicted octanol–water partition coefficient (Wildman–Crippen LogP) is 6.37. The molecule has 0 amide bonds. The Morgan fingerprint density at radius 1 is 0.848 bits per heavy atom. The summed E-state index contributed by atoms with van der Waals surface area (Å²) in [5.74, 6) is -0.994. The van der Waals surface area contributed by atoms with E-state index in [-0.39, 0.29) is 5.56 Å². The molecular formula is C27H24NO4S-. The Balaban J connectivity index is 2.00. The van der Waals surface area contributed by atoms with E-state index in [0.29, 0.717) is 11.4 Å². The van der Waals surface area contributed by atoms with Crippen molar-refractivity contribution in [2.45, 2.75) is 27.7 Å². The molecule has 0 spiro atoms. The van der Waals surface area contributed by atoms with Crippen molar-refractivity contribution in [1.29, 1.82) is 0 Å². The number of fused-ring (bicyclic) bond motifs is 1. The standard InChI is InChI=1S/C27H25NO4S/c1-16-14-17(2)19(4)26(18(16)3)28(33(31)32)25-13-12-22(23-10-5-6-11-24(23)25)20-8-7-9-21(15-20)27(29)30/h5-15H,1-4H3,(H,29,30)(H,31,32)/p-1. The number of rotatable bonds is 5. The SMILES string of the molecule is Cc1cc(C)c(C)c(N(c2ccc(-c3cccc(C(=O)O)c3)c3ccccc23)S(=O)[O-])c1C. The van der Waals surface area contributed by atoms with Crippen molar-refractivity contribution < 1.29 is 18.7 Å². The zero-order chi connectivity index (χ0) is 23.9. The molecule has 0 aliphatic heterocycles. The average molecular weight is 459 g/mol. The Kier molecular flexibility index (Phi) is 6.06. The smallest absolute Gasteiger partial charge is 0.335 e. The number of carboxylic acid groups (broad SMARTS) is 1. The molecule has 0 bridgehead atoms. The Morgan fingerprint density at radius 3 is 2.09 bits per heavy atom. The topological polar surface area (TPSA) is 80.7 Å². The van der Waals surface area contributed by atoms with Gasteiger partial charge >= 0.3 is 5.97 Å². The fourth-order valence-corrected chi connectivity index (χ4v) is 5.05. The first-order chi connectivity index (χ1) is 15.7. The van der Waals surface area contributed by atoms with Crippen molar-refractivity contribution in [2.75, 3.05) is 4.31 Å². The number of hydrogen-bond acceptors (Lipinski definition) is 3. The van der Waals surface area contributed by atoms with Crippen LogP contribution in [0.15, 0.2) is 66.7 Å². The number of aryl methyl sites for hydroxylation is 2. The third kappa shape index (κ3) is 4.03. The molecule has 4 rings (SSSR count). The summed E-state index contributed by atoms with van der Waals surface area (Å²) in [6.07, 6.45) is 0. The highest BCUT2D eigenvalue weighted by molar-refractivity contribution is 7.81. The summed E-state index contributed by atoms with van der Waals surface area (Å²) in [6, 6.07) is 20.0. The summed E-state index contributed by atoms with van der Waals surface area (Å²) >= 11 is -2.55. The molecule has 5 nitrogen and oxygen atoms in total. The molecule has 168 valence electrons. The molecule has 0 fully saturated rings. The lowest BCUT2D eigenvalue weighted by Crippen LogP contribution is -2.22. The van der Waals surface area contributed by atoms with E-state index in [2.05, 4.69) is 6.07 Å². The molecule has 4 aromatic rings. The van der Waals surface area contributed by atoms with Crippen LogP contribution in [0.1, 0.15) is 32.6 Å². The highest BCUT2D eigenvalue weighted by atomic mass is 32.2.